The van der Waals surface area contributed by atoms with Crippen molar-refractivity contribution in [3.8, 4) is 0 Å². The second-order valence-electron chi connectivity index (χ2n) is 2.01. The van der Waals surface area contributed by atoms with Crippen molar-refractivity contribution >= 4 is 32.4 Å². The van der Waals surface area contributed by atoms with Crippen LogP contribution in [0.25, 0.3) is 0 Å². The number of halogens is 1. The Hall–Kier alpha value is -0.130. The van der Waals surface area contributed by atoms with Gasteiger partial charge in [-0.05, 0) is 22.9 Å². The van der Waals surface area contributed by atoms with Crippen LogP contribution in [0.3, 0.4) is 0 Å². The molecule has 0 bridgehead atoms. The van der Waals surface area contributed by atoms with Gasteiger partial charge in [0.15, 0.2) is 5.13 Å². The maximum absolute atomic E-state index is 8.06. The standard InChI is InChI=1S/C8H12BrN3S/c1-11-2-4-12(5-3-11)8-10-7(9)6-13-8/h6H,2-5H2,1H3/i1D3,2D2,3D2,4D2,5D2,6D. The number of hydrogen-bond acceptors (Lipinski definition) is 4. The Balaban J connectivity index is 2.79. The first-order valence-electron chi connectivity index (χ1n) is 9.14. The van der Waals surface area contributed by atoms with Crippen LogP contribution in [0.2, 0.25) is 0 Å². The highest BCUT2D eigenvalue weighted by Crippen LogP contribution is 2.24. The molecule has 13 heavy (non-hydrogen) atoms. The Kier molecular flexibility index (Phi) is 0.821. The third kappa shape index (κ3) is 2.21. The van der Waals surface area contributed by atoms with Crippen molar-refractivity contribution in [3.63, 3.8) is 0 Å². The molecular weight excluding hydrogens is 250 g/mol. The summed E-state index contributed by atoms with van der Waals surface area (Å²) in [5.74, 6) is 0. The lowest BCUT2D eigenvalue weighted by Gasteiger charge is -2.31. The fraction of sp³-hybridized carbons (Fsp3) is 0.625. The highest BCUT2D eigenvalue weighted by atomic mass is 79.9. The number of hydrogen-bond donors (Lipinski definition) is 0. The van der Waals surface area contributed by atoms with Crippen LogP contribution in [-0.2, 0) is 0 Å². The van der Waals surface area contributed by atoms with Crippen molar-refractivity contribution < 1.29 is 16.4 Å². The number of rotatable bonds is 1. The number of anilines is 1. The lowest BCUT2D eigenvalue weighted by molar-refractivity contribution is 0.312. The van der Waals surface area contributed by atoms with Gasteiger partial charge in [-0.2, -0.15) is 0 Å². The first-order chi connectivity index (χ1) is 10.9. The summed E-state index contributed by atoms with van der Waals surface area (Å²) in [5.41, 5.74) is 0. The van der Waals surface area contributed by atoms with Crippen LogP contribution in [0.5, 0.6) is 0 Å². The molecule has 0 amide bonds. The van der Waals surface area contributed by atoms with Gasteiger partial charge in [-0.3, -0.25) is 0 Å². The molecule has 0 aromatic carbocycles. The van der Waals surface area contributed by atoms with E-state index < -0.39 is 43.0 Å². The Bertz CT molecular complexity index is 637. The Morgan fingerprint density at radius 2 is 2.46 bits per heavy atom. The molecule has 1 aromatic heterocycles. The number of aromatic nitrogens is 1. The predicted molar refractivity (Wildman–Crippen MR) is 59.5 cm³/mol. The summed E-state index contributed by atoms with van der Waals surface area (Å²) in [6.07, 6.45) is 0. The van der Waals surface area contributed by atoms with Crippen molar-refractivity contribution in [2.75, 3.05) is 37.9 Å². The van der Waals surface area contributed by atoms with Crippen LogP contribution in [0, 0.1) is 0 Å². The van der Waals surface area contributed by atoms with Gasteiger partial charge in [0.1, 0.15) is 4.60 Å². The van der Waals surface area contributed by atoms with Crippen LogP contribution < -0.4 is 4.90 Å². The van der Waals surface area contributed by atoms with E-state index in [0.717, 1.165) is 0 Å². The van der Waals surface area contributed by atoms with Crippen molar-refractivity contribution in [1.29, 1.82) is 0 Å². The zero-order valence-electron chi connectivity index (χ0n) is 18.1. The average molecular weight is 274 g/mol. The first-order valence-corrected chi connectivity index (χ1v) is 4.75. The van der Waals surface area contributed by atoms with Gasteiger partial charge in [-0.25, -0.2) is 4.98 Å². The van der Waals surface area contributed by atoms with Crippen LogP contribution >= 0.6 is 27.3 Å². The third-order valence-electron chi connectivity index (χ3n) is 1.16. The monoisotopic (exact) mass is 273 g/mol. The Morgan fingerprint density at radius 1 is 1.69 bits per heavy atom. The van der Waals surface area contributed by atoms with Crippen molar-refractivity contribution in [3.05, 3.63) is 9.96 Å². The first kappa shape index (κ1) is 2.71. The summed E-state index contributed by atoms with van der Waals surface area (Å²) >= 11 is 3.41. The minimum atomic E-state index is -3.45. The summed E-state index contributed by atoms with van der Waals surface area (Å²) in [4.78, 5) is 3.46. The number of piperazine rings is 1. The predicted octanol–water partition coefficient (Wildman–Crippen LogP) is 1.66. The summed E-state index contributed by atoms with van der Waals surface area (Å²) in [5, 5.41) is -0.703. The van der Waals surface area contributed by atoms with Gasteiger partial charge in [0, 0.05) is 40.9 Å². The Labute approximate surface area is 107 Å². The highest BCUT2D eigenvalue weighted by Gasteiger charge is 2.16. The quantitative estimate of drug-likeness (QED) is 0.776. The van der Waals surface area contributed by atoms with E-state index in [1.807, 2.05) is 0 Å². The molecule has 1 aliphatic rings. The number of nitrogens with zero attached hydrogens (tertiary/aromatic N) is 3. The molecule has 5 heteroatoms. The fourth-order valence-electron chi connectivity index (χ4n) is 0.665. The second-order valence-corrected chi connectivity index (χ2v) is 3.53. The summed E-state index contributed by atoms with van der Waals surface area (Å²) in [6, 6.07) is 0. The van der Waals surface area contributed by atoms with E-state index in [1.54, 1.807) is 0 Å². The maximum atomic E-state index is 8.06. The topological polar surface area (TPSA) is 19.4 Å². The number of thiazole rings is 1. The number of likely N-dealkylation sites (N-methyl/N-ethyl adjacent to an activating group) is 1. The summed E-state index contributed by atoms with van der Waals surface area (Å²) < 4.78 is 93.7. The van der Waals surface area contributed by atoms with Crippen molar-refractivity contribution in [2.45, 2.75) is 0 Å². The lowest BCUT2D eigenvalue weighted by Crippen LogP contribution is -2.44. The van der Waals surface area contributed by atoms with Crippen molar-refractivity contribution in [2.24, 2.45) is 0 Å². The molecule has 0 N–H and O–H groups in total. The molecule has 0 radical (unpaired) electrons. The molecule has 2 rings (SSSR count). The zero-order chi connectivity index (χ0) is 19.8. The smallest absolute Gasteiger partial charge is 0.186 e. The van der Waals surface area contributed by atoms with Gasteiger partial charge >= 0.3 is 0 Å². The van der Waals surface area contributed by atoms with Gasteiger partial charge in [0.2, 0.25) is 0 Å². The molecule has 3 nitrogen and oxygen atoms in total. The molecule has 1 aromatic rings. The molecule has 0 saturated carbocycles. The Morgan fingerprint density at radius 3 is 3.00 bits per heavy atom. The van der Waals surface area contributed by atoms with E-state index in [2.05, 4.69) is 20.9 Å². The maximum Gasteiger partial charge on any atom is 0.186 e. The van der Waals surface area contributed by atoms with E-state index >= 15 is 0 Å². The van der Waals surface area contributed by atoms with Crippen LogP contribution in [0.1, 0.15) is 16.4 Å². The summed E-state index contributed by atoms with van der Waals surface area (Å²) in [6.45, 7) is -17.0. The normalized spacial score (nSPS) is 49.5. The zero-order valence-corrected chi connectivity index (χ0v) is 8.53. The SMILES string of the molecule is [2H]c1sc(N2C([2H])([2H])C([2H])([2H])N(C([2H])([2H])[2H])C([2H])([2H])C2([2H])[2H])nc1Br. The van der Waals surface area contributed by atoms with E-state index in [1.165, 1.54) is 0 Å². The van der Waals surface area contributed by atoms with E-state index in [-0.39, 0.29) is 14.9 Å². The molecule has 1 aliphatic heterocycles. The van der Waals surface area contributed by atoms with Gasteiger partial charge in [-0.1, -0.05) is 0 Å². The molecular formula is C8H12BrN3S. The van der Waals surface area contributed by atoms with E-state index in [0.29, 0.717) is 11.3 Å². The van der Waals surface area contributed by atoms with Crippen LogP contribution in [0.4, 0.5) is 5.13 Å². The molecule has 1 fully saturated rings. The third-order valence-corrected chi connectivity index (χ3v) is 2.55. The lowest BCUT2D eigenvalue weighted by atomic mass is 10.3. The highest BCUT2D eigenvalue weighted by molar-refractivity contribution is 9.10. The van der Waals surface area contributed by atoms with E-state index in [9.17, 15) is 0 Å². The van der Waals surface area contributed by atoms with Gasteiger partial charge in [-0.15, -0.1) is 11.3 Å². The summed E-state index contributed by atoms with van der Waals surface area (Å²) in [7, 11) is 0. The molecule has 72 valence electrons. The van der Waals surface area contributed by atoms with Gasteiger partial charge < -0.3 is 9.80 Å². The fourth-order valence-corrected chi connectivity index (χ4v) is 1.73. The molecule has 0 spiro atoms. The minimum Gasteiger partial charge on any atom is -0.345 e. The molecule has 0 aliphatic carbocycles. The molecule has 2 heterocycles. The molecule has 1 saturated heterocycles. The average Bonchev–Trinajstić information content (AvgIpc) is 2.63. The molecule has 0 atom stereocenters. The van der Waals surface area contributed by atoms with Gasteiger partial charge in [0.25, 0.3) is 0 Å². The van der Waals surface area contributed by atoms with Crippen LogP contribution in [0.15, 0.2) is 9.96 Å². The molecule has 0 unspecified atom stereocenters. The van der Waals surface area contributed by atoms with Gasteiger partial charge in [0.05, 0.1) is 6.85 Å². The largest absolute Gasteiger partial charge is 0.345 e. The van der Waals surface area contributed by atoms with Crippen LogP contribution in [-0.4, -0.2) is 42.8 Å². The second kappa shape index (κ2) is 3.94. The van der Waals surface area contributed by atoms with Crippen molar-refractivity contribution in [1.82, 2.24) is 9.88 Å². The van der Waals surface area contributed by atoms with E-state index in [4.69, 9.17) is 16.4 Å². The minimum absolute atomic E-state index is 0.0570.